The lowest BCUT2D eigenvalue weighted by atomic mass is 10.1. The van der Waals surface area contributed by atoms with Crippen molar-refractivity contribution in [2.24, 2.45) is 0 Å². The van der Waals surface area contributed by atoms with Gasteiger partial charge in [0.05, 0.1) is 30.8 Å². The molecule has 0 atom stereocenters. The number of rotatable bonds is 8. The maximum Gasteiger partial charge on any atom is 0.262 e. The summed E-state index contributed by atoms with van der Waals surface area (Å²) in [5.41, 5.74) is 2.61. The normalized spacial score (nSPS) is 11.2. The Labute approximate surface area is 211 Å². The van der Waals surface area contributed by atoms with Crippen LogP contribution < -0.4 is 20.6 Å². The van der Waals surface area contributed by atoms with Crippen molar-refractivity contribution >= 4 is 28.3 Å². The molecule has 0 aliphatic carbocycles. The van der Waals surface area contributed by atoms with E-state index in [1.807, 2.05) is 42.5 Å². The second-order valence-corrected chi connectivity index (χ2v) is 9.05. The summed E-state index contributed by atoms with van der Waals surface area (Å²) in [7, 11) is 3.20. The lowest BCUT2D eigenvalue weighted by molar-refractivity contribution is 0.354. The molecule has 0 amide bonds. The molecule has 0 radical (unpaired) electrons. The van der Waals surface area contributed by atoms with E-state index in [1.54, 1.807) is 43.2 Å². The first-order valence-electron chi connectivity index (χ1n) is 11.4. The SMILES string of the molecule is COc1ccc(CCn2c(SCc3cc(=O)n4ccccc4n3)nc3ccccc3c2=O)cc1OC. The Morgan fingerprint density at radius 3 is 2.53 bits per heavy atom. The molecule has 2 aromatic carbocycles. The van der Waals surface area contributed by atoms with Crippen LogP contribution in [0.1, 0.15) is 11.3 Å². The van der Waals surface area contributed by atoms with Crippen LogP contribution in [0.3, 0.4) is 0 Å². The van der Waals surface area contributed by atoms with Crippen LogP contribution >= 0.6 is 11.8 Å². The lowest BCUT2D eigenvalue weighted by Gasteiger charge is -2.14. The van der Waals surface area contributed by atoms with Crippen LogP contribution in [0.25, 0.3) is 16.6 Å². The largest absolute Gasteiger partial charge is 0.493 e. The molecular weight excluding hydrogens is 476 g/mol. The molecule has 0 fully saturated rings. The summed E-state index contributed by atoms with van der Waals surface area (Å²) in [6.45, 7) is 0.433. The van der Waals surface area contributed by atoms with Crippen LogP contribution in [0.2, 0.25) is 0 Å². The van der Waals surface area contributed by atoms with Crippen LogP contribution in [0, 0.1) is 0 Å². The minimum absolute atomic E-state index is 0.102. The summed E-state index contributed by atoms with van der Waals surface area (Å²) < 4.78 is 13.9. The van der Waals surface area contributed by atoms with Crippen LogP contribution in [0.15, 0.2) is 87.7 Å². The van der Waals surface area contributed by atoms with Gasteiger partial charge in [-0.25, -0.2) is 9.97 Å². The van der Waals surface area contributed by atoms with Gasteiger partial charge in [0.15, 0.2) is 16.7 Å². The Morgan fingerprint density at radius 2 is 1.69 bits per heavy atom. The summed E-state index contributed by atoms with van der Waals surface area (Å²) in [4.78, 5) is 35.3. The number of benzene rings is 2. The zero-order valence-electron chi connectivity index (χ0n) is 19.9. The molecule has 0 spiro atoms. The van der Waals surface area contributed by atoms with Gasteiger partial charge in [-0.05, 0) is 48.4 Å². The minimum Gasteiger partial charge on any atom is -0.493 e. The molecule has 8 nitrogen and oxygen atoms in total. The van der Waals surface area contributed by atoms with Gasteiger partial charge in [0, 0.05) is 24.6 Å². The highest BCUT2D eigenvalue weighted by Crippen LogP contribution is 2.28. The Kier molecular flexibility index (Phi) is 6.73. The number of pyridine rings is 1. The number of aromatic nitrogens is 4. The van der Waals surface area contributed by atoms with Crippen LogP contribution in [-0.2, 0) is 18.7 Å². The summed E-state index contributed by atoms with van der Waals surface area (Å²) in [5, 5.41) is 1.14. The number of fused-ring (bicyclic) bond motifs is 2. The number of ether oxygens (including phenoxy) is 2. The molecule has 0 unspecified atom stereocenters. The molecule has 0 aliphatic heterocycles. The average molecular weight is 501 g/mol. The van der Waals surface area contributed by atoms with Crippen molar-refractivity contribution in [2.75, 3.05) is 14.2 Å². The number of methoxy groups -OCH3 is 2. The predicted molar refractivity (Wildman–Crippen MR) is 140 cm³/mol. The van der Waals surface area contributed by atoms with Gasteiger partial charge in [-0.1, -0.05) is 36.0 Å². The third kappa shape index (κ3) is 4.70. The smallest absolute Gasteiger partial charge is 0.262 e. The molecule has 0 N–H and O–H groups in total. The molecule has 0 bridgehead atoms. The maximum absolute atomic E-state index is 13.4. The van der Waals surface area contributed by atoms with Crippen molar-refractivity contribution in [1.29, 1.82) is 0 Å². The second kappa shape index (κ2) is 10.2. The Morgan fingerprint density at radius 1 is 0.889 bits per heavy atom. The van der Waals surface area contributed by atoms with E-state index in [9.17, 15) is 9.59 Å². The van der Waals surface area contributed by atoms with Crippen molar-refractivity contribution in [3.05, 3.63) is 105 Å². The molecule has 182 valence electrons. The number of aryl methyl sites for hydroxylation is 1. The van der Waals surface area contributed by atoms with E-state index < -0.39 is 0 Å². The fourth-order valence-electron chi connectivity index (χ4n) is 4.05. The summed E-state index contributed by atoms with van der Waals surface area (Å²) in [6, 6.07) is 20.0. The second-order valence-electron chi connectivity index (χ2n) is 8.11. The summed E-state index contributed by atoms with van der Waals surface area (Å²) in [5.74, 6) is 1.70. The Hall–Kier alpha value is -4.11. The van der Waals surface area contributed by atoms with Crippen molar-refractivity contribution < 1.29 is 9.47 Å². The number of hydrogen-bond donors (Lipinski definition) is 0. The van der Waals surface area contributed by atoms with E-state index >= 15 is 0 Å². The molecule has 36 heavy (non-hydrogen) atoms. The Bertz CT molecular complexity index is 1680. The first-order chi connectivity index (χ1) is 17.6. The van der Waals surface area contributed by atoms with Crippen molar-refractivity contribution in [1.82, 2.24) is 18.9 Å². The van der Waals surface area contributed by atoms with Crippen molar-refractivity contribution in [3.63, 3.8) is 0 Å². The molecule has 0 saturated carbocycles. The lowest BCUT2D eigenvalue weighted by Crippen LogP contribution is -2.24. The van der Waals surface area contributed by atoms with Crippen molar-refractivity contribution in [3.8, 4) is 11.5 Å². The Balaban J connectivity index is 1.47. The van der Waals surface area contributed by atoms with Crippen LogP contribution in [-0.4, -0.2) is 33.2 Å². The van der Waals surface area contributed by atoms with Gasteiger partial charge in [0.2, 0.25) is 0 Å². The standard InChI is InChI=1S/C27H24N4O4S/c1-34-22-11-10-18(15-23(22)35-2)12-14-31-26(33)20-7-3-4-8-21(20)29-27(31)36-17-19-16-25(32)30-13-6-5-9-24(30)28-19/h3-11,13,15-16H,12,14,17H2,1-2H3. The van der Waals surface area contributed by atoms with Crippen LogP contribution in [0.4, 0.5) is 0 Å². The van der Waals surface area contributed by atoms with Gasteiger partial charge in [-0.15, -0.1) is 0 Å². The van der Waals surface area contributed by atoms with Gasteiger partial charge in [0.1, 0.15) is 5.65 Å². The highest BCUT2D eigenvalue weighted by Gasteiger charge is 2.14. The van der Waals surface area contributed by atoms with E-state index in [2.05, 4.69) is 4.98 Å². The summed E-state index contributed by atoms with van der Waals surface area (Å²) >= 11 is 1.39. The molecule has 0 saturated heterocycles. The minimum atomic E-state index is -0.145. The van der Waals surface area contributed by atoms with E-state index in [0.717, 1.165) is 5.56 Å². The molecular formula is C27H24N4O4S. The van der Waals surface area contributed by atoms with Gasteiger partial charge in [-0.3, -0.25) is 18.6 Å². The fraction of sp³-hybridized carbons (Fsp3) is 0.185. The molecule has 9 heteroatoms. The zero-order valence-corrected chi connectivity index (χ0v) is 20.7. The number of thioether (sulfide) groups is 1. The van der Waals surface area contributed by atoms with Gasteiger partial charge in [0.25, 0.3) is 11.1 Å². The molecule has 5 aromatic rings. The fourth-order valence-corrected chi connectivity index (χ4v) is 4.97. The monoisotopic (exact) mass is 500 g/mol. The third-order valence-electron chi connectivity index (χ3n) is 5.87. The van der Waals surface area contributed by atoms with E-state index in [1.165, 1.54) is 22.2 Å². The predicted octanol–water partition coefficient (Wildman–Crippen LogP) is 3.96. The molecule has 5 rings (SSSR count). The zero-order chi connectivity index (χ0) is 25.1. The maximum atomic E-state index is 13.4. The van der Waals surface area contributed by atoms with E-state index in [4.69, 9.17) is 14.5 Å². The first-order valence-corrected chi connectivity index (χ1v) is 12.4. The van der Waals surface area contributed by atoms with Gasteiger partial charge >= 0.3 is 0 Å². The van der Waals surface area contributed by atoms with Gasteiger partial charge in [-0.2, -0.15) is 0 Å². The van der Waals surface area contributed by atoms with Gasteiger partial charge < -0.3 is 9.47 Å². The van der Waals surface area contributed by atoms with Crippen molar-refractivity contribution in [2.45, 2.75) is 23.9 Å². The highest BCUT2D eigenvalue weighted by atomic mass is 32.2. The molecule has 0 aliphatic rings. The number of nitrogens with zero attached hydrogens (tertiary/aromatic N) is 4. The first kappa shape index (κ1) is 23.6. The number of para-hydroxylation sites is 1. The topological polar surface area (TPSA) is 87.7 Å². The average Bonchev–Trinajstić information content (AvgIpc) is 2.91. The molecule has 3 aromatic heterocycles. The number of hydrogen-bond acceptors (Lipinski definition) is 7. The van der Waals surface area contributed by atoms with E-state index in [0.29, 0.717) is 57.6 Å². The molecule has 3 heterocycles. The van der Waals surface area contributed by atoms with E-state index in [-0.39, 0.29) is 11.1 Å². The quantitative estimate of drug-likeness (QED) is 0.235. The third-order valence-corrected chi connectivity index (χ3v) is 6.88. The highest BCUT2D eigenvalue weighted by molar-refractivity contribution is 7.98. The van der Waals surface area contributed by atoms with Crippen LogP contribution in [0.5, 0.6) is 11.5 Å². The summed E-state index contributed by atoms with van der Waals surface area (Å²) in [6.07, 6.45) is 2.29.